The summed E-state index contributed by atoms with van der Waals surface area (Å²) in [5, 5.41) is 3.83. The molecule has 0 radical (unpaired) electrons. The standard InChI is InChI=1S/C16H30N2/c1-12(10-18(2)3)17-11-16-7-13-4-14(8-16)6-15(5-13)9-16/h12-15,17H,4-11H2,1-3H3. The lowest BCUT2D eigenvalue weighted by atomic mass is 9.49. The Balaban J connectivity index is 1.56. The molecule has 4 aliphatic carbocycles. The van der Waals surface area contributed by atoms with Crippen molar-refractivity contribution in [1.29, 1.82) is 0 Å². The SMILES string of the molecule is CC(CN(C)C)NCC12CC3CC(CC(C3)C1)C2. The molecule has 0 saturated heterocycles. The molecule has 0 amide bonds. The van der Waals surface area contributed by atoms with Crippen LogP contribution in [0.1, 0.15) is 45.4 Å². The van der Waals surface area contributed by atoms with Crippen molar-refractivity contribution in [1.82, 2.24) is 10.2 Å². The lowest BCUT2D eigenvalue weighted by Gasteiger charge is -2.57. The van der Waals surface area contributed by atoms with Crippen molar-refractivity contribution in [2.75, 3.05) is 27.2 Å². The van der Waals surface area contributed by atoms with Gasteiger partial charge < -0.3 is 10.2 Å². The molecule has 0 aromatic rings. The lowest BCUT2D eigenvalue weighted by Crippen LogP contribution is -2.52. The van der Waals surface area contributed by atoms with E-state index in [0.717, 1.165) is 24.3 Å². The predicted octanol–water partition coefficient (Wildman–Crippen LogP) is 2.74. The Kier molecular flexibility index (Phi) is 3.44. The highest BCUT2D eigenvalue weighted by Crippen LogP contribution is 2.59. The minimum atomic E-state index is 0.632. The van der Waals surface area contributed by atoms with Crippen LogP contribution in [-0.4, -0.2) is 38.1 Å². The van der Waals surface area contributed by atoms with Crippen LogP contribution >= 0.6 is 0 Å². The molecule has 0 spiro atoms. The molecule has 18 heavy (non-hydrogen) atoms. The maximum absolute atomic E-state index is 3.83. The normalized spacial score (nSPS) is 43.7. The molecule has 4 fully saturated rings. The Bertz CT molecular complexity index is 262. The van der Waals surface area contributed by atoms with Crippen molar-refractivity contribution in [3.8, 4) is 0 Å². The fourth-order valence-electron chi connectivity index (χ4n) is 5.51. The monoisotopic (exact) mass is 250 g/mol. The van der Waals surface area contributed by atoms with Gasteiger partial charge in [-0.3, -0.25) is 0 Å². The summed E-state index contributed by atoms with van der Waals surface area (Å²) in [6.45, 7) is 4.78. The van der Waals surface area contributed by atoms with Gasteiger partial charge in [-0.2, -0.15) is 0 Å². The zero-order chi connectivity index (χ0) is 12.8. The minimum absolute atomic E-state index is 0.632. The van der Waals surface area contributed by atoms with E-state index in [-0.39, 0.29) is 0 Å². The topological polar surface area (TPSA) is 15.3 Å². The van der Waals surface area contributed by atoms with Crippen LogP contribution in [0.5, 0.6) is 0 Å². The first kappa shape index (κ1) is 12.9. The van der Waals surface area contributed by atoms with Gasteiger partial charge in [-0.05, 0) is 82.7 Å². The quantitative estimate of drug-likeness (QED) is 0.807. The molecule has 1 unspecified atom stereocenters. The lowest BCUT2D eigenvalue weighted by molar-refractivity contribution is -0.0524. The summed E-state index contributed by atoms with van der Waals surface area (Å²) in [6.07, 6.45) is 9.27. The van der Waals surface area contributed by atoms with Gasteiger partial charge in [0.2, 0.25) is 0 Å². The maximum Gasteiger partial charge on any atom is 0.0166 e. The first-order chi connectivity index (χ1) is 8.55. The molecular weight excluding hydrogens is 220 g/mol. The van der Waals surface area contributed by atoms with E-state index >= 15 is 0 Å². The fraction of sp³-hybridized carbons (Fsp3) is 1.00. The van der Waals surface area contributed by atoms with Gasteiger partial charge in [0, 0.05) is 19.1 Å². The highest BCUT2D eigenvalue weighted by Gasteiger charge is 2.50. The molecule has 1 atom stereocenters. The van der Waals surface area contributed by atoms with Gasteiger partial charge in [0.15, 0.2) is 0 Å². The van der Waals surface area contributed by atoms with E-state index in [4.69, 9.17) is 0 Å². The number of hydrogen-bond donors (Lipinski definition) is 1. The van der Waals surface area contributed by atoms with Gasteiger partial charge >= 0.3 is 0 Å². The summed E-state index contributed by atoms with van der Waals surface area (Å²) >= 11 is 0. The molecule has 104 valence electrons. The smallest absolute Gasteiger partial charge is 0.0166 e. The molecular formula is C16H30N2. The Labute approximate surface area is 113 Å². The van der Waals surface area contributed by atoms with Crippen molar-refractivity contribution in [3.63, 3.8) is 0 Å². The van der Waals surface area contributed by atoms with Crippen molar-refractivity contribution in [3.05, 3.63) is 0 Å². The second-order valence-electron chi connectivity index (χ2n) is 7.96. The molecule has 0 aromatic heterocycles. The molecule has 2 heteroatoms. The van der Waals surface area contributed by atoms with Crippen LogP contribution < -0.4 is 5.32 Å². The van der Waals surface area contributed by atoms with E-state index in [2.05, 4.69) is 31.2 Å². The highest BCUT2D eigenvalue weighted by atomic mass is 15.1. The summed E-state index contributed by atoms with van der Waals surface area (Å²) in [5.74, 6) is 3.26. The summed E-state index contributed by atoms with van der Waals surface area (Å²) < 4.78 is 0. The number of rotatable bonds is 5. The van der Waals surface area contributed by atoms with E-state index in [1.165, 1.54) is 25.8 Å². The zero-order valence-corrected chi connectivity index (χ0v) is 12.4. The molecule has 4 rings (SSSR count). The maximum atomic E-state index is 3.83. The Morgan fingerprint density at radius 3 is 2.00 bits per heavy atom. The molecule has 2 nitrogen and oxygen atoms in total. The van der Waals surface area contributed by atoms with E-state index in [1.807, 2.05) is 0 Å². The van der Waals surface area contributed by atoms with E-state index < -0.39 is 0 Å². The van der Waals surface area contributed by atoms with Crippen LogP contribution in [0.15, 0.2) is 0 Å². The highest BCUT2D eigenvalue weighted by molar-refractivity contribution is 5.02. The van der Waals surface area contributed by atoms with Gasteiger partial charge in [0.05, 0.1) is 0 Å². The molecule has 1 N–H and O–H groups in total. The fourth-order valence-corrected chi connectivity index (χ4v) is 5.51. The van der Waals surface area contributed by atoms with E-state index in [9.17, 15) is 0 Å². The largest absolute Gasteiger partial charge is 0.312 e. The first-order valence-electron chi connectivity index (χ1n) is 7.93. The number of nitrogens with zero attached hydrogens (tertiary/aromatic N) is 1. The summed E-state index contributed by atoms with van der Waals surface area (Å²) in [5.41, 5.74) is 0.690. The van der Waals surface area contributed by atoms with Crippen molar-refractivity contribution >= 4 is 0 Å². The Hall–Kier alpha value is -0.0800. The summed E-state index contributed by atoms with van der Waals surface area (Å²) in [7, 11) is 4.34. The van der Waals surface area contributed by atoms with Crippen molar-refractivity contribution in [2.24, 2.45) is 23.2 Å². The number of hydrogen-bond acceptors (Lipinski definition) is 2. The molecule has 0 aromatic carbocycles. The van der Waals surface area contributed by atoms with E-state index in [1.54, 1.807) is 19.3 Å². The van der Waals surface area contributed by atoms with Gasteiger partial charge in [-0.15, -0.1) is 0 Å². The van der Waals surface area contributed by atoms with Crippen LogP contribution in [0.3, 0.4) is 0 Å². The van der Waals surface area contributed by atoms with Crippen LogP contribution in [0, 0.1) is 23.2 Å². The van der Waals surface area contributed by atoms with Gasteiger partial charge in [-0.1, -0.05) is 0 Å². The van der Waals surface area contributed by atoms with Gasteiger partial charge in [0.25, 0.3) is 0 Å². The van der Waals surface area contributed by atoms with Gasteiger partial charge in [0.1, 0.15) is 0 Å². The Morgan fingerprint density at radius 1 is 1.06 bits per heavy atom. The predicted molar refractivity (Wildman–Crippen MR) is 76.6 cm³/mol. The second kappa shape index (κ2) is 4.79. The zero-order valence-electron chi connectivity index (χ0n) is 12.4. The van der Waals surface area contributed by atoms with Crippen LogP contribution in [-0.2, 0) is 0 Å². The third-order valence-corrected chi connectivity index (χ3v) is 5.63. The molecule has 4 bridgehead atoms. The van der Waals surface area contributed by atoms with Crippen molar-refractivity contribution in [2.45, 2.75) is 51.5 Å². The van der Waals surface area contributed by atoms with E-state index in [0.29, 0.717) is 11.5 Å². The molecule has 0 aliphatic heterocycles. The second-order valence-corrected chi connectivity index (χ2v) is 7.96. The summed E-state index contributed by atoms with van der Waals surface area (Å²) in [4.78, 5) is 2.29. The number of nitrogens with one attached hydrogen (secondary N) is 1. The van der Waals surface area contributed by atoms with Crippen LogP contribution in [0.4, 0.5) is 0 Å². The Morgan fingerprint density at radius 2 is 1.56 bits per heavy atom. The molecule has 0 heterocycles. The average Bonchev–Trinajstić information content (AvgIpc) is 2.23. The van der Waals surface area contributed by atoms with Crippen molar-refractivity contribution < 1.29 is 0 Å². The first-order valence-corrected chi connectivity index (χ1v) is 7.93. The third-order valence-electron chi connectivity index (χ3n) is 5.63. The minimum Gasteiger partial charge on any atom is -0.312 e. The molecule has 4 aliphatic rings. The molecule has 4 saturated carbocycles. The van der Waals surface area contributed by atoms with Gasteiger partial charge in [-0.25, -0.2) is 0 Å². The average molecular weight is 250 g/mol. The third kappa shape index (κ3) is 2.60. The summed E-state index contributed by atoms with van der Waals surface area (Å²) in [6, 6.07) is 0.632. The number of likely N-dealkylation sites (N-methyl/N-ethyl adjacent to an activating group) is 1. The van der Waals surface area contributed by atoms with Crippen LogP contribution in [0.25, 0.3) is 0 Å². The van der Waals surface area contributed by atoms with Crippen LogP contribution in [0.2, 0.25) is 0 Å².